The molecule has 0 aromatic carbocycles. The quantitative estimate of drug-likeness (QED) is 0.631. The number of hydrogen-bond donors (Lipinski definition) is 3. The highest BCUT2D eigenvalue weighted by Crippen LogP contribution is 2.24. The third-order valence-corrected chi connectivity index (χ3v) is 1.93. The second-order valence-electron chi connectivity index (χ2n) is 2.81. The number of ether oxygens (including phenoxy) is 1. The van der Waals surface area contributed by atoms with E-state index in [9.17, 15) is 5.11 Å². The van der Waals surface area contributed by atoms with Gasteiger partial charge in [0, 0.05) is 24.4 Å². The predicted molar refractivity (Wildman–Crippen MR) is 48.5 cm³/mol. The molecule has 1 rings (SSSR count). The van der Waals surface area contributed by atoms with Gasteiger partial charge in [0.1, 0.15) is 11.4 Å². The Labute approximate surface area is 81.6 Å². The van der Waals surface area contributed by atoms with Gasteiger partial charge in [-0.25, -0.2) is 0 Å². The average molecular weight is 199 g/mol. The lowest BCUT2D eigenvalue weighted by atomic mass is 10.1. The van der Waals surface area contributed by atoms with E-state index in [4.69, 9.17) is 14.9 Å². The molecule has 0 aliphatic carbocycles. The topological polar surface area (TPSA) is 82.8 Å². The Hall–Kier alpha value is -1.17. The molecule has 78 valence electrons. The molecule has 0 unspecified atom stereocenters. The van der Waals surface area contributed by atoms with E-state index in [-0.39, 0.29) is 25.6 Å². The van der Waals surface area contributed by atoms with Crippen LogP contribution >= 0.6 is 0 Å². The van der Waals surface area contributed by atoms with Crippen LogP contribution in [0, 0.1) is 0 Å². The van der Waals surface area contributed by atoms with Crippen LogP contribution in [-0.2, 0) is 24.6 Å². The van der Waals surface area contributed by atoms with Crippen LogP contribution in [-0.4, -0.2) is 27.4 Å². The first-order valence-electron chi connectivity index (χ1n) is 4.13. The number of nitrogens with zero attached hydrogens (tertiary/aromatic N) is 1. The summed E-state index contributed by atoms with van der Waals surface area (Å²) in [5, 5.41) is 27.5. The van der Waals surface area contributed by atoms with Gasteiger partial charge >= 0.3 is 0 Å². The predicted octanol–water partition coefficient (Wildman–Crippen LogP) is -0.0818. The van der Waals surface area contributed by atoms with Crippen molar-refractivity contribution in [3.63, 3.8) is 0 Å². The molecule has 3 N–H and O–H groups in total. The summed E-state index contributed by atoms with van der Waals surface area (Å²) in [5.41, 5.74) is 1.08. The average Bonchev–Trinajstić information content (AvgIpc) is 2.21. The van der Waals surface area contributed by atoms with Crippen molar-refractivity contribution in [3.05, 3.63) is 23.0 Å². The van der Waals surface area contributed by atoms with Gasteiger partial charge in [0.05, 0.1) is 19.8 Å². The van der Waals surface area contributed by atoms with Gasteiger partial charge in [-0.2, -0.15) is 0 Å². The molecule has 0 fully saturated rings. The molecular weight excluding hydrogens is 186 g/mol. The number of rotatable bonds is 4. The van der Waals surface area contributed by atoms with Crippen LogP contribution < -0.4 is 0 Å². The van der Waals surface area contributed by atoms with Crippen molar-refractivity contribution >= 4 is 0 Å². The number of aliphatic hydroxyl groups excluding tert-OH is 2. The molecule has 5 heteroatoms. The van der Waals surface area contributed by atoms with Crippen molar-refractivity contribution < 1.29 is 20.1 Å². The molecule has 1 aromatic rings. The molecule has 1 aromatic heterocycles. The highest BCUT2D eigenvalue weighted by molar-refractivity contribution is 5.40. The van der Waals surface area contributed by atoms with E-state index in [1.54, 1.807) is 0 Å². The van der Waals surface area contributed by atoms with Crippen LogP contribution in [0.5, 0.6) is 5.75 Å². The summed E-state index contributed by atoms with van der Waals surface area (Å²) in [5.74, 6) is -0.110. The van der Waals surface area contributed by atoms with Gasteiger partial charge in [-0.05, 0) is 0 Å². The lowest BCUT2D eigenvalue weighted by Gasteiger charge is -2.10. The molecule has 0 aliphatic heterocycles. The van der Waals surface area contributed by atoms with E-state index >= 15 is 0 Å². The first-order valence-corrected chi connectivity index (χ1v) is 4.13. The van der Waals surface area contributed by atoms with E-state index < -0.39 is 0 Å². The Morgan fingerprint density at radius 3 is 2.57 bits per heavy atom. The summed E-state index contributed by atoms with van der Waals surface area (Å²) >= 11 is 0. The molecule has 1 heterocycles. The highest BCUT2D eigenvalue weighted by Gasteiger charge is 2.12. The highest BCUT2D eigenvalue weighted by atomic mass is 16.5. The summed E-state index contributed by atoms with van der Waals surface area (Å²) in [6, 6.07) is 0. The summed E-state index contributed by atoms with van der Waals surface area (Å²) < 4.78 is 4.82. The van der Waals surface area contributed by atoms with Crippen LogP contribution in [0.15, 0.2) is 6.20 Å². The normalized spacial score (nSPS) is 10.5. The third kappa shape index (κ3) is 2.01. The molecule has 0 saturated heterocycles. The maximum absolute atomic E-state index is 9.62. The van der Waals surface area contributed by atoms with Gasteiger partial charge in [-0.1, -0.05) is 0 Å². The summed E-state index contributed by atoms with van der Waals surface area (Å²) in [6.07, 6.45) is 1.42. The third-order valence-electron chi connectivity index (χ3n) is 1.93. The zero-order valence-corrected chi connectivity index (χ0v) is 7.90. The monoisotopic (exact) mass is 199 g/mol. The largest absolute Gasteiger partial charge is 0.506 e. The van der Waals surface area contributed by atoms with Crippen LogP contribution in [0.1, 0.15) is 16.8 Å². The van der Waals surface area contributed by atoms with Gasteiger partial charge in [-0.3, -0.25) is 4.98 Å². The van der Waals surface area contributed by atoms with E-state index in [1.807, 2.05) is 0 Å². The van der Waals surface area contributed by atoms with Crippen LogP contribution in [0.25, 0.3) is 0 Å². The number of aliphatic hydroxyl groups is 2. The van der Waals surface area contributed by atoms with Gasteiger partial charge in [0.25, 0.3) is 0 Å². The molecule has 0 radical (unpaired) electrons. The van der Waals surface area contributed by atoms with Crippen LogP contribution in [0.3, 0.4) is 0 Å². The van der Waals surface area contributed by atoms with Crippen molar-refractivity contribution in [3.8, 4) is 5.75 Å². The standard InChI is InChI=1S/C9H13NO4/c1-14-5-8-9(13)7(4-12)6(3-11)2-10-8/h2,11-13H,3-5H2,1H3. The van der Waals surface area contributed by atoms with Crippen LogP contribution in [0.2, 0.25) is 0 Å². The van der Waals surface area contributed by atoms with Gasteiger partial charge in [0.2, 0.25) is 0 Å². The van der Waals surface area contributed by atoms with Crippen molar-refractivity contribution in [1.82, 2.24) is 4.98 Å². The molecular formula is C9H13NO4. The molecule has 0 amide bonds. The second kappa shape index (κ2) is 4.90. The molecule has 5 nitrogen and oxygen atoms in total. The molecule has 0 bridgehead atoms. The first-order chi connectivity index (χ1) is 6.74. The number of aromatic nitrogens is 1. The lowest BCUT2D eigenvalue weighted by molar-refractivity contribution is 0.177. The first kappa shape index (κ1) is 10.9. The Balaban J connectivity index is 3.13. The van der Waals surface area contributed by atoms with Gasteiger partial charge in [-0.15, -0.1) is 0 Å². The summed E-state index contributed by atoms with van der Waals surface area (Å²) in [6.45, 7) is -0.421. The molecule has 14 heavy (non-hydrogen) atoms. The van der Waals surface area contributed by atoms with Crippen LogP contribution in [0.4, 0.5) is 0 Å². The Bertz CT molecular complexity index is 314. The Morgan fingerprint density at radius 1 is 1.36 bits per heavy atom. The Kier molecular flexibility index (Phi) is 3.82. The van der Waals surface area contributed by atoms with Crippen molar-refractivity contribution in [2.24, 2.45) is 0 Å². The van der Waals surface area contributed by atoms with Crippen molar-refractivity contribution in [2.45, 2.75) is 19.8 Å². The SMILES string of the molecule is COCc1ncc(CO)c(CO)c1O. The minimum Gasteiger partial charge on any atom is -0.506 e. The van der Waals surface area contributed by atoms with E-state index in [0.717, 1.165) is 0 Å². The summed E-state index contributed by atoms with van der Waals surface area (Å²) in [4.78, 5) is 3.90. The van der Waals surface area contributed by atoms with E-state index in [0.29, 0.717) is 16.8 Å². The number of methoxy groups -OCH3 is 1. The minimum absolute atomic E-state index is 0.110. The van der Waals surface area contributed by atoms with E-state index in [1.165, 1.54) is 13.3 Å². The van der Waals surface area contributed by atoms with Gasteiger partial charge in [0.15, 0.2) is 0 Å². The number of pyridine rings is 1. The zero-order valence-electron chi connectivity index (χ0n) is 7.90. The fourth-order valence-corrected chi connectivity index (χ4v) is 1.18. The maximum Gasteiger partial charge on any atom is 0.145 e. The molecule has 0 spiro atoms. The van der Waals surface area contributed by atoms with Crippen molar-refractivity contribution in [1.29, 1.82) is 0 Å². The minimum atomic E-state index is -0.332. The molecule has 0 aliphatic rings. The fourth-order valence-electron chi connectivity index (χ4n) is 1.18. The second-order valence-corrected chi connectivity index (χ2v) is 2.81. The molecule has 0 atom stereocenters. The zero-order chi connectivity index (χ0) is 10.6. The Morgan fingerprint density at radius 2 is 2.07 bits per heavy atom. The lowest BCUT2D eigenvalue weighted by Crippen LogP contribution is -2.01. The van der Waals surface area contributed by atoms with E-state index in [2.05, 4.69) is 4.98 Å². The maximum atomic E-state index is 9.62. The number of hydrogen-bond acceptors (Lipinski definition) is 5. The number of aromatic hydroxyl groups is 1. The van der Waals surface area contributed by atoms with Crippen molar-refractivity contribution in [2.75, 3.05) is 7.11 Å². The molecule has 0 saturated carbocycles. The fraction of sp³-hybridized carbons (Fsp3) is 0.444. The van der Waals surface area contributed by atoms with Gasteiger partial charge < -0.3 is 20.1 Å². The smallest absolute Gasteiger partial charge is 0.145 e. The summed E-state index contributed by atoms with van der Waals surface area (Å²) in [7, 11) is 1.49.